The van der Waals surface area contributed by atoms with Crippen molar-refractivity contribution in [1.82, 2.24) is 26.8 Å². The van der Waals surface area contributed by atoms with Crippen molar-refractivity contribution in [2.45, 2.75) is 44.3 Å². The first-order valence-electron chi connectivity index (χ1n) is 8.05. The van der Waals surface area contributed by atoms with Crippen molar-refractivity contribution >= 4 is 11.8 Å². The van der Waals surface area contributed by atoms with Crippen molar-refractivity contribution < 1.29 is 9.59 Å². The Balaban J connectivity index is 1.36. The van der Waals surface area contributed by atoms with Crippen LogP contribution >= 0.6 is 0 Å². The Morgan fingerprint density at radius 1 is 1.24 bits per heavy atom. The lowest BCUT2D eigenvalue weighted by Crippen LogP contribution is -2.70. The molecule has 0 aromatic carbocycles. The lowest BCUT2D eigenvalue weighted by molar-refractivity contribution is -0.130. The Morgan fingerprint density at radius 3 is 2.90 bits per heavy atom. The average molecular weight is 295 g/mol. The molecule has 3 unspecified atom stereocenters. The summed E-state index contributed by atoms with van der Waals surface area (Å²) in [7, 11) is 0. The first-order chi connectivity index (χ1) is 10.3. The molecule has 3 fully saturated rings. The van der Waals surface area contributed by atoms with E-state index in [-0.39, 0.29) is 35.9 Å². The van der Waals surface area contributed by atoms with Crippen molar-refractivity contribution in [2.24, 2.45) is 11.8 Å². The smallest absolute Gasteiger partial charge is 0.251 e. The van der Waals surface area contributed by atoms with Gasteiger partial charge in [-0.1, -0.05) is 0 Å². The van der Waals surface area contributed by atoms with Crippen LogP contribution in [-0.4, -0.2) is 43.7 Å². The third-order valence-electron chi connectivity index (χ3n) is 4.53. The second-order valence-electron chi connectivity index (χ2n) is 6.22. The van der Waals surface area contributed by atoms with E-state index in [9.17, 15) is 9.59 Å². The van der Waals surface area contributed by atoms with Crippen LogP contribution in [0.25, 0.3) is 0 Å². The maximum absolute atomic E-state index is 11.8. The van der Waals surface area contributed by atoms with Crippen LogP contribution in [0.2, 0.25) is 0 Å². The molecule has 0 bridgehead atoms. The molecule has 0 aromatic rings. The van der Waals surface area contributed by atoms with E-state index < -0.39 is 0 Å². The first-order valence-corrected chi connectivity index (χ1v) is 8.05. The fourth-order valence-corrected chi connectivity index (χ4v) is 3.14. The van der Waals surface area contributed by atoms with E-state index in [1.807, 2.05) is 0 Å². The van der Waals surface area contributed by atoms with Gasteiger partial charge in [-0.3, -0.25) is 15.0 Å². The van der Waals surface area contributed by atoms with E-state index in [1.54, 1.807) is 0 Å². The average Bonchev–Trinajstić information content (AvgIpc) is 3.34. The molecule has 2 saturated heterocycles. The van der Waals surface area contributed by atoms with E-state index in [0.29, 0.717) is 6.54 Å². The molecule has 0 aromatic heterocycles. The number of amides is 2. The monoisotopic (exact) mass is 295 g/mol. The van der Waals surface area contributed by atoms with E-state index in [2.05, 4.69) is 26.8 Å². The highest BCUT2D eigenvalue weighted by Gasteiger charge is 2.39. The molecule has 7 nitrogen and oxygen atoms in total. The molecular weight excluding hydrogens is 270 g/mol. The van der Waals surface area contributed by atoms with Crippen molar-refractivity contribution in [1.29, 1.82) is 0 Å². The van der Waals surface area contributed by atoms with Gasteiger partial charge in [-0.2, -0.15) is 0 Å². The van der Waals surface area contributed by atoms with Crippen LogP contribution in [0.15, 0.2) is 0 Å². The quantitative estimate of drug-likeness (QED) is 0.398. The van der Waals surface area contributed by atoms with Gasteiger partial charge in [0.15, 0.2) is 0 Å². The summed E-state index contributed by atoms with van der Waals surface area (Å²) < 4.78 is 0. The van der Waals surface area contributed by atoms with Gasteiger partial charge in [0, 0.05) is 18.4 Å². The summed E-state index contributed by atoms with van der Waals surface area (Å²) >= 11 is 0. The molecule has 1 aliphatic carbocycles. The summed E-state index contributed by atoms with van der Waals surface area (Å²) in [5.41, 5.74) is 5.79. The van der Waals surface area contributed by atoms with Gasteiger partial charge in [0.05, 0.1) is 12.2 Å². The summed E-state index contributed by atoms with van der Waals surface area (Å²) in [4.78, 5) is 23.3. The Hall–Kier alpha value is -1.18. The van der Waals surface area contributed by atoms with Gasteiger partial charge in [0.2, 0.25) is 5.91 Å². The van der Waals surface area contributed by atoms with Gasteiger partial charge in [-0.15, -0.1) is 0 Å². The minimum Gasteiger partial charge on any atom is -0.356 e. The highest BCUT2D eigenvalue weighted by molar-refractivity contribution is 5.82. The molecule has 2 aliphatic heterocycles. The predicted molar refractivity (Wildman–Crippen MR) is 77.9 cm³/mol. The zero-order valence-electron chi connectivity index (χ0n) is 12.3. The molecule has 3 aliphatic rings. The summed E-state index contributed by atoms with van der Waals surface area (Å²) in [6.45, 7) is 2.45. The Kier molecular flexibility index (Phi) is 4.72. The van der Waals surface area contributed by atoms with Crippen molar-refractivity contribution in [3.05, 3.63) is 0 Å². The normalized spacial score (nSPS) is 32.2. The van der Waals surface area contributed by atoms with Gasteiger partial charge in [-0.25, -0.2) is 5.43 Å². The number of piperidine rings is 1. The fraction of sp³-hybridized carbons (Fsp3) is 0.857. The molecule has 2 amide bonds. The Labute approximate surface area is 125 Å². The van der Waals surface area contributed by atoms with Gasteiger partial charge in [0.1, 0.15) is 0 Å². The van der Waals surface area contributed by atoms with E-state index in [1.165, 1.54) is 0 Å². The van der Waals surface area contributed by atoms with Crippen LogP contribution in [0.5, 0.6) is 0 Å². The lowest BCUT2D eigenvalue weighted by Gasteiger charge is -2.41. The first kappa shape index (κ1) is 14.7. The van der Waals surface area contributed by atoms with Gasteiger partial charge < -0.3 is 16.0 Å². The van der Waals surface area contributed by atoms with Crippen LogP contribution in [0, 0.1) is 11.8 Å². The zero-order valence-corrected chi connectivity index (χ0v) is 12.3. The zero-order chi connectivity index (χ0) is 14.7. The third kappa shape index (κ3) is 3.72. The number of hydrazine groups is 1. The molecule has 3 atom stereocenters. The van der Waals surface area contributed by atoms with Crippen molar-refractivity contribution in [3.8, 4) is 0 Å². The summed E-state index contributed by atoms with van der Waals surface area (Å²) in [6.07, 6.45) is 5.24. The molecule has 2 heterocycles. The SMILES string of the molecule is O=C(NCCCNC1NNC(=O)C2NCCCC12)C1CC1. The highest BCUT2D eigenvalue weighted by Crippen LogP contribution is 2.28. The molecule has 3 rings (SSSR count). The second kappa shape index (κ2) is 6.72. The molecule has 0 spiro atoms. The lowest BCUT2D eigenvalue weighted by atomic mass is 9.86. The summed E-state index contributed by atoms with van der Waals surface area (Å²) in [5, 5.41) is 9.69. The van der Waals surface area contributed by atoms with Crippen molar-refractivity contribution in [3.63, 3.8) is 0 Å². The maximum atomic E-state index is 11.8. The molecule has 21 heavy (non-hydrogen) atoms. The van der Waals surface area contributed by atoms with Crippen LogP contribution in [0.4, 0.5) is 0 Å². The number of carbonyl (C=O) groups excluding carboxylic acids is 2. The van der Waals surface area contributed by atoms with Crippen LogP contribution in [0.3, 0.4) is 0 Å². The molecule has 5 N–H and O–H groups in total. The van der Waals surface area contributed by atoms with Crippen LogP contribution in [-0.2, 0) is 9.59 Å². The second-order valence-corrected chi connectivity index (χ2v) is 6.22. The van der Waals surface area contributed by atoms with Gasteiger partial charge in [0.25, 0.3) is 5.91 Å². The molecule has 118 valence electrons. The standard InChI is InChI=1S/C14H25N5O2/c20-13(9-4-5-9)17-8-2-7-16-12-10-3-1-6-15-11(10)14(21)19-18-12/h9-12,15-16,18H,1-8H2,(H,17,20)(H,19,21). The summed E-state index contributed by atoms with van der Waals surface area (Å²) in [5.74, 6) is 0.805. The van der Waals surface area contributed by atoms with Crippen LogP contribution in [0.1, 0.15) is 32.1 Å². The number of hydrogen-bond donors (Lipinski definition) is 5. The Morgan fingerprint density at radius 2 is 2.10 bits per heavy atom. The minimum absolute atomic E-state index is 0.0365. The molecule has 1 saturated carbocycles. The van der Waals surface area contributed by atoms with Gasteiger partial charge >= 0.3 is 0 Å². The topological polar surface area (TPSA) is 94.3 Å². The number of nitrogens with one attached hydrogen (secondary N) is 5. The third-order valence-corrected chi connectivity index (χ3v) is 4.53. The van der Waals surface area contributed by atoms with Crippen LogP contribution < -0.4 is 26.8 Å². The van der Waals surface area contributed by atoms with E-state index in [0.717, 1.165) is 45.2 Å². The van der Waals surface area contributed by atoms with Gasteiger partial charge in [-0.05, 0) is 45.2 Å². The molecule has 7 heteroatoms. The number of rotatable bonds is 6. The summed E-state index contributed by atoms with van der Waals surface area (Å²) in [6, 6.07) is -0.0907. The fourth-order valence-electron chi connectivity index (χ4n) is 3.14. The maximum Gasteiger partial charge on any atom is 0.251 e. The Bertz CT molecular complexity index is 399. The number of carbonyl (C=O) groups is 2. The number of fused-ring (bicyclic) bond motifs is 1. The minimum atomic E-state index is -0.0907. The predicted octanol–water partition coefficient (Wildman–Crippen LogP) is -1.18. The molecular formula is C14H25N5O2. The van der Waals surface area contributed by atoms with Crippen molar-refractivity contribution in [2.75, 3.05) is 19.6 Å². The van der Waals surface area contributed by atoms with E-state index in [4.69, 9.17) is 0 Å². The largest absolute Gasteiger partial charge is 0.356 e. The highest BCUT2D eigenvalue weighted by atomic mass is 16.2. The number of hydrogen-bond acceptors (Lipinski definition) is 5. The van der Waals surface area contributed by atoms with E-state index >= 15 is 0 Å². The molecule has 0 radical (unpaired) electrons.